The monoisotopic (exact) mass is 254 g/mol. The highest BCUT2D eigenvalue weighted by atomic mass is 16.5. The first-order valence-electron chi connectivity index (χ1n) is 7.37. The molecule has 0 radical (unpaired) electrons. The molecule has 4 nitrogen and oxygen atoms in total. The summed E-state index contributed by atoms with van der Waals surface area (Å²) in [5.41, 5.74) is 0. The van der Waals surface area contributed by atoms with E-state index in [0.29, 0.717) is 6.61 Å². The molecule has 1 amide bonds. The Kier molecular flexibility index (Phi) is 5.45. The van der Waals surface area contributed by atoms with Gasteiger partial charge in [-0.15, -0.1) is 0 Å². The molecule has 104 valence electrons. The summed E-state index contributed by atoms with van der Waals surface area (Å²) in [5.74, 6) is 1.06. The van der Waals surface area contributed by atoms with Gasteiger partial charge in [0.05, 0.1) is 12.6 Å². The zero-order chi connectivity index (χ0) is 12.8. The second-order valence-corrected chi connectivity index (χ2v) is 5.58. The van der Waals surface area contributed by atoms with Crippen molar-refractivity contribution in [2.24, 2.45) is 5.92 Å². The third kappa shape index (κ3) is 4.58. The summed E-state index contributed by atoms with van der Waals surface area (Å²) >= 11 is 0. The van der Waals surface area contributed by atoms with Crippen LogP contribution in [-0.2, 0) is 9.53 Å². The number of hydrogen-bond donors (Lipinski definition) is 1. The van der Waals surface area contributed by atoms with E-state index in [0.717, 1.165) is 45.0 Å². The fourth-order valence-electron chi connectivity index (χ4n) is 2.36. The van der Waals surface area contributed by atoms with Crippen LogP contribution in [0.5, 0.6) is 0 Å². The fourth-order valence-corrected chi connectivity index (χ4v) is 2.36. The van der Waals surface area contributed by atoms with Gasteiger partial charge in [-0.25, -0.2) is 0 Å². The van der Waals surface area contributed by atoms with E-state index >= 15 is 0 Å². The predicted octanol–water partition coefficient (Wildman–Crippen LogP) is 1.40. The van der Waals surface area contributed by atoms with Crippen LogP contribution in [-0.4, -0.2) is 49.7 Å². The smallest absolute Gasteiger partial charge is 0.239 e. The van der Waals surface area contributed by atoms with Crippen LogP contribution in [0.4, 0.5) is 0 Å². The third-order valence-electron chi connectivity index (χ3n) is 3.79. The maximum atomic E-state index is 12.1. The van der Waals surface area contributed by atoms with Gasteiger partial charge in [0.2, 0.25) is 5.91 Å². The van der Waals surface area contributed by atoms with E-state index in [4.69, 9.17) is 4.74 Å². The normalized spacial score (nSPS) is 21.9. The second-order valence-electron chi connectivity index (χ2n) is 5.58. The van der Waals surface area contributed by atoms with Crippen molar-refractivity contribution in [3.63, 3.8) is 0 Å². The lowest BCUT2D eigenvalue weighted by atomic mass is 10.1. The Morgan fingerprint density at radius 3 is 2.72 bits per heavy atom. The van der Waals surface area contributed by atoms with Crippen LogP contribution in [0.25, 0.3) is 0 Å². The number of nitrogens with zero attached hydrogens (tertiary/aromatic N) is 1. The first-order chi connectivity index (χ1) is 8.77. The van der Waals surface area contributed by atoms with Crippen LogP contribution < -0.4 is 5.32 Å². The summed E-state index contributed by atoms with van der Waals surface area (Å²) in [4.78, 5) is 14.1. The highest BCUT2D eigenvalue weighted by Crippen LogP contribution is 2.28. The van der Waals surface area contributed by atoms with Crippen LogP contribution in [0, 0.1) is 5.92 Å². The molecule has 0 bridgehead atoms. The average molecular weight is 254 g/mol. The van der Waals surface area contributed by atoms with Crippen molar-refractivity contribution < 1.29 is 9.53 Å². The second kappa shape index (κ2) is 7.10. The Balaban J connectivity index is 1.54. The number of carbonyl (C=O) groups is 1. The van der Waals surface area contributed by atoms with Crippen LogP contribution in [0.3, 0.4) is 0 Å². The summed E-state index contributed by atoms with van der Waals surface area (Å²) in [5, 5.41) is 3.26. The molecule has 1 N–H and O–H groups in total. The lowest BCUT2D eigenvalue weighted by Crippen LogP contribution is -2.47. The van der Waals surface area contributed by atoms with Crippen LogP contribution in [0.1, 0.15) is 39.0 Å². The molecule has 0 aromatic rings. The molecule has 1 heterocycles. The van der Waals surface area contributed by atoms with Crippen molar-refractivity contribution in [1.29, 1.82) is 0 Å². The molecule has 1 atom stereocenters. The van der Waals surface area contributed by atoms with E-state index in [1.54, 1.807) is 0 Å². The Hall–Kier alpha value is -0.610. The molecule has 2 rings (SSSR count). The molecule has 4 heteroatoms. The first-order valence-corrected chi connectivity index (χ1v) is 7.37. The van der Waals surface area contributed by atoms with Gasteiger partial charge in [0, 0.05) is 26.2 Å². The standard InChI is InChI=1S/C14H26N2O2/c1-12(14(17)16-8-3-2-4-9-16)15-7-10-18-11-13-5-6-13/h12-13,15H,2-11H2,1H3. The van der Waals surface area contributed by atoms with Crippen LogP contribution in [0.15, 0.2) is 0 Å². The van der Waals surface area contributed by atoms with E-state index in [2.05, 4.69) is 5.32 Å². The first kappa shape index (κ1) is 13.8. The summed E-state index contributed by atoms with van der Waals surface area (Å²) in [7, 11) is 0. The van der Waals surface area contributed by atoms with Gasteiger partial charge in [-0.05, 0) is 44.9 Å². The lowest BCUT2D eigenvalue weighted by molar-refractivity contribution is -0.133. The van der Waals surface area contributed by atoms with E-state index < -0.39 is 0 Å². The van der Waals surface area contributed by atoms with Crippen molar-refractivity contribution >= 4 is 5.91 Å². The van der Waals surface area contributed by atoms with E-state index in [9.17, 15) is 4.79 Å². The lowest BCUT2D eigenvalue weighted by Gasteiger charge is -2.29. The van der Waals surface area contributed by atoms with Gasteiger partial charge < -0.3 is 15.0 Å². The molecular weight excluding hydrogens is 228 g/mol. The molecule has 0 aromatic heterocycles. The number of ether oxygens (including phenoxy) is 1. The number of piperidine rings is 1. The highest BCUT2D eigenvalue weighted by Gasteiger charge is 2.22. The number of carbonyl (C=O) groups excluding carboxylic acids is 1. The molecule has 0 aromatic carbocycles. The summed E-state index contributed by atoms with van der Waals surface area (Å²) < 4.78 is 5.55. The van der Waals surface area contributed by atoms with Gasteiger partial charge in [-0.1, -0.05) is 0 Å². The SMILES string of the molecule is CC(NCCOCC1CC1)C(=O)N1CCCCC1. The molecule has 1 aliphatic carbocycles. The van der Waals surface area contributed by atoms with Gasteiger partial charge in [-0.2, -0.15) is 0 Å². The minimum atomic E-state index is -0.0763. The maximum Gasteiger partial charge on any atom is 0.239 e. The van der Waals surface area contributed by atoms with E-state index in [1.807, 2.05) is 11.8 Å². The molecule has 1 saturated carbocycles. The Morgan fingerprint density at radius 1 is 1.33 bits per heavy atom. The quantitative estimate of drug-likeness (QED) is 0.698. The number of rotatable bonds is 7. The van der Waals surface area contributed by atoms with E-state index in [1.165, 1.54) is 19.3 Å². The van der Waals surface area contributed by atoms with Gasteiger partial charge in [0.25, 0.3) is 0 Å². The maximum absolute atomic E-state index is 12.1. The predicted molar refractivity (Wildman–Crippen MR) is 71.4 cm³/mol. The molecule has 0 spiro atoms. The molecule has 18 heavy (non-hydrogen) atoms. The molecular formula is C14H26N2O2. The topological polar surface area (TPSA) is 41.6 Å². The largest absolute Gasteiger partial charge is 0.380 e. The number of likely N-dealkylation sites (tertiary alicyclic amines) is 1. The average Bonchev–Trinajstić information content (AvgIpc) is 3.22. The minimum Gasteiger partial charge on any atom is -0.380 e. The molecule has 1 aliphatic heterocycles. The van der Waals surface area contributed by atoms with Crippen LogP contribution in [0.2, 0.25) is 0 Å². The fraction of sp³-hybridized carbons (Fsp3) is 0.929. The van der Waals surface area contributed by atoms with Crippen molar-refractivity contribution in [3.05, 3.63) is 0 Å². The summed E-state index contributed by atoms with van der Waals surface area (Å²) in [6.45, 7) is 6.21. The third-order valence-corrected chi connectivity index (χ3v) is 3.79. The van der Waals surface area contributed by atoms with Gasteiger partial charge in [-0.3, -0.25) is 4.79 Å². The Morgan fingerprint density at radius 2 is 2.06 bits per heavy atom. The van der Waals surface area contributed by atoms with Gasteiger partial charge in [0.15, 0.2) is 0 Å². The Bertz CT molecular complexity index is 261. The van der Waals surface area contributed by atoms with Crippen molar-refractivity contribution in [1.82, 2.24) is 10.2 Å². The number of nitrogens with one attached hydrogen (secondary N) is 1. The summed E-state index contributed by atoms with van der Waals surface area (Å²) in [6.07, 6.45) is 6.24. The van der Waals surface area contributed by atoms with Crippen molar-refractivity contribution in [2.75, 3.05) is 32.8 Å². The van der Waals surface area contributed by atoms with Gasteiger partial charge in [0.1, 0.15) is 0 Å². The van der Waals surface area contributed by atoms with Gasteiger partial charge >= 0.3 is 0 Å². The molecule has 1 saturated heterocycles. The van der Waals surface area contributed by atoms with Crippen molar-refractivity contribution in [3.8, 4) is 0 Å². The summed E-state index contributed by atoms with van der Waals surface area (Å²) in [6, 6.07) is -0.0763. The number of amides is 1. The zero-order valence-electron chi connectivity index (χ0n) is 11.5. The zero-order valence-corrected chi connectivity index (χ0v) is 11.5. The molecule has 2 fully saturated rings. The minimum absolute atomic E-state index is 0.0763. The number of hydrogen-bond acceptors (Lipinski definition) is 3. The van der Waals surface area contributed by atoms with Crippen molar-refractivity contribution in [2.45, 2.75) is 45.1 Å². The molecule has 2 aliphatic rings. The van der Waals surface area contributed by atoms with Crippen LogP contribution >= 0.6 is 0 Å². The highest BCUT2D eigenvalue weighted by molar-refractivity contribution is 5.81. The Labute approximate surface area is 110 Å². The van der Waals surface area contributed by atoms with E-state index in [-0.39, 0.29) is 11.9 Å². The molecule has 1 unspecified atom stereocenters.